The second-order valence-corrected chi connectivity index (χ2v) is 7.82. The first kappa shape index (κ1) is 15.1. The maximum absolute atomic E-state index is 13.1. The van der Waals surface area contributed by atoms with Gasteiger partial charge in [-0.1, -0.05) is 18.9 Å². The van der Waals surface area contributed by atoms with Crippen molar-refractivity contribution in [1.29, 1.82) is 0 Å². The minimum absolute atomic E-state index is 0.0118. The van der Waals surface area contributed by atoms with Crippen LogP contribution in [0.3, 0.4) is 0 Å². The number of amides is 2. The van der Waals surface area contributed by atoms with Crippen molar-refractivity contribution in [2.45, 2.75) is 63.6 Å². The van der Waals surface area contributed by atoms with Crippen LogP contribution in [-0.2, 0) is 22.6 Å². The average Bonchev–Trinajstić information content (AvgIpc) is 3.12. The number of rotatable bonds is 4. The third kappa shape index (κ3) is 2.48. The summed E-state index contributed by atoms with van der Waals surface area (Å²) in [6, 6.07) is 1.97. The van der Waals surface area contributed by atoms with Gasteiger partial charge in [0.15, 0.2) is 0 Å². The highest BCUT2D eigenvalue weighted by Gasteiger charge is 2.46. The first-order valence-electron chi connectivity index (χ1n) is 9.51. The predicted octanol–water partition coefficient (Wildman–Crippen LogP) is 2.20. The molecule has 2 saturated carbocycles. The second-order valence-electron chi connectivity index (χ2n) is 7.82. The van der Waals surface area contributed by atoms with Crippen LogP contribution in [0.2, 0.25) is 0 Å². The summed E-state index contributed by atoms with van der Waals surface area (Å²) in [5.74, 6) is 0.381. The van der Waals surface area contributed by atoms with Crippen LogP contribution >= 0.6 is 0 Å². The molecule has 5 heteroatoms. The molecule has 0 saturated heterocycles. The summed E-state index contributed by atoms with van der Waals surface area (Å²) in [5, 5.41) is 3.22. The van der Waals surface area contributed by atoms with Gasteiger partial charge >= 0.3 is 0 Å². The van der Waals surface area contributed by atoms with Gasteiger partial charge in [-0.3, -0.25) is 14.6 Å². The Morgan fingerprint density at radius 3 is 2.80 bits per heavy atom. The van der Waals surface area contributed by atoms with Gasteiger partial charge in [0.1, 0.15) is 6.04 Å². The van der Waals surface area contributed by atoms with Gasteiger partial charge in [-0.25, -0.2) is 0 Å². The molecule has 0 aromatic carbocycles. The highest BCUT2D eigenvalue weighted by molar-refractivity contribution is 6.23. The van der Waals surface area contributed by atoms with E-state index in [9.17, 15) is 9.59 Å². The van der Waals surface area contributed by atoms with Gasteiger partial charge < -0.3 is 10.2 Å². The lowest BCUT2D eigenvalue weighted by molar-refractivity contribution is -0.138. The lowest BCUT2D eigenvalue weighted by Gasteiger charge is -2.36. The summed E-state index contributed by atoms with van der Waals surface area (Å²) >= 11 is 0. The van der Waals surface area contributed by atoms with Crippen molar-refractivity contribution in [2.24, 2.45) is 5.92 Å². The van der Waals surface area contributed by atoms with Crippen molar-refractivity contribution < 1.29 is 9.59 Å². The zero-order chi connectivity index (χ0) is 17.0. The summed E-state index contributed by atoms with van der Waals surface area (Å²) < 4.78 is 0. The fourth-order valence-corrected chi connectivity index (χ4v) is 4.67. The Kier molecular flexibility index (Phi) is 3.43. The van der Waals surface area contributed by atoms with Crippen LogP contribution in [0.15, 0.2) is 18.3 Å². The largest absolute Gasteiger partial charge is 0.352 e. The van der Waals surface area contributed by atoms with E-state index in [-0.39, 0.29) is 17.9 Å². The molecule has 0 radical (unpaired) electrons. The van der Waals surface area contributed by atoms with Crippen molar-refractivity contribution in [3.63, 3.8) is 0 Å². The van der Waals surface area contributed by atoms with Gasteiger partial charge in [0.2, 0.25) is 5.91 Å². The molecular formula is C20H23N3O2. The summed E-state index contributed by atoms with van der Waals surface area (Å²) in [6.07, 6.45) is 11.1. The number of nitrogens with one attached hydrogen (secondary N) is 1. The first-order chi connectivity index (χ1) is 12.2. The van der Waals surface area contributed by atoms with Crippen molar-refractivity contribution in [1.82, 2.24) is 15.2 Å². The molecule has 4 aliphatic rings. The van der Waals surface area contributed by atoms with E-state index in [1.54, 1.807) is 0 Å². The van der Waals surface area contributed by atoms with Crippen LogP contribution in [0.1, 0.15) is 55.3 Å². The summed E-state index contributed by atoms with van der Waals surface area (Å²) in [4.78, 5) is 32.4. The average molecular weight is 337 g/mol. The molecule has 2 fully saturated rings. The fraction of sp³-hybridized carbons (Fsp3) is 0.550. The van der Waals surface area contributed by atoms with E-state index in [2.05, 4.69) is 10.3 Å². The Morgan fingerprint density at radius 2 is 2.04 bits per heavy atom. The molecule has 1 N–H and O–H groups in total. The Bertz CT molecular complexity index is 775. The fourth-order valence-electron chi connectivity index (χ4n) is 4.67. The number of hydrogen-bond donors (Lipinski definition) is 1. The van der Waals surface area contributed by atoms with E-state index in [1.165, 1.54) is 12.8 Å². The normalized spacial score (nSPS) is 23.4. The number of pyridine rings is 1. The summed E-state index contributed by atoms with van der Waals surface area (Å²) in [5.41, 5.74) is 3.91. The van der Waals surface area contributed by atoms with Gasteiger partial charge in [-0.15, -0.1) is 0 Å². The quantitative estimate of drug-likeness (QED) is 0.916. The van der Waals surface area contributed by atoms with Crippen LogP contribution in [-0.4, -0.2) is 33.8 Å². The van der Waals surface area contributed by atoms with Crippen molar-refractivity contribution in [2.75, 3.05) is 0 Å². The van der Waals surface area contributed by atoms with Crippen LogP contribution in [0.4, 0.5) is 0 Å². The lowest BCUT2D eigenvalue weighted by Crippen LogP contribution is -2.53. The summed E-state index contributed by atoms with van der Waals surface area (Å²) in [7, 11) is 0. The maximum atomic E-state index is 13.1. The minimum Gasteiger partial charge on any atom is -0.352 e. The number of hydrogen-bond acceptors (Lipinski definition) is 3. The molecule has 1 aliphatic heterocycles. The Morgan fingerprint density at radius 1 is 1.24 bits per heavy atom. The van der Waals surface area contributed by atoms with Crippen LogP contribution < -0.4 is 5.32 Å². The van der Waals surface area contributed by atoms with Gasteiger partial charge in [0.05, 0.1) is 5.69 Å². The SMILES string of the molecule is O=C(NC1CCCC1)[C@@H](C1CC1)N1Cc2ccnc3c2C(=CC3)C1=O. The standard InChI is InChI=1S/C20H23N3O2/c24-19(22-14-3-1-2-4-14)18(12-5-6-12)23-11-13-9-10-21-16-8-7-15(17(13)16)20(23)25/h7,9-10,12,14,18H,1-6,8,11H2,(H,22,24)/t18-/m1/s1. The highest BCUT2D eigenvalue weighted by Crippen LogP contribution is 2.41. The van der Waals surface area contributed by atoms with Crippen molar-refractivity contribution in [3.8, 4) is 0 Å². The van der Waals surface area contributed by atoms with E-state index in [0.717, 1.165) is 54.5 Å². The zero-order valence-electron chi connectivity index (χ0n) is 14.3. The molecule has 5 nitrogen and oxygen atoms in total. The lowest BCUT2D eigenvalue weighted by atomic mass is 9.94. The van der Waals surface area contributed by atoms with Crippen LogP contribution in [0, 0.1) is 5.92 Å². The van der Waals surface area contributed by atoms with Crippen LogP contribution in [0.25, 0.3) is 5.57 Å². The van der Waals surface area contributed by atoms with E-state index in [0.29, 0.717) is 18.5 Å². The third-order valence-corrected chi connectivity index (χ3v) is 6.09. The molecule has 130 valence electrons. The Labute approximate surface area is 147 Å². The topological polar surface area (TPSA) is 62.3 Å². The molecule has 3 aliphatic carbocycles. The zero-order valence-corrected chi connectivity index (χ0v) is 14.3. The molecule has 0 spiro atoms. The van der Waals surface area contributed by atoms with Gasteiger partial charge in [0.25, 0.3) is 5.91 Å². The molecule has 2 heterocycles. The predicted molar refractivity (Wildman–Crippen MR) is 93.4 cm³/mol. The van der Waals surface area contributed by atoms with Crippen molar-refractivity contribution in [3.05, 3.63) is 35.2 Å². The second kappa shape index (κ2) is 5.68. The van der Waals surface area contributed by atoms with E-state index < -0.39 is 0 Å². The number of carbonyl (C=O) groups is 2. The van der Waals surface area contributed by atoms with Crippen LogP contribution in [0.5, 0.6) is 0 Å². The van der Waals surface area contributed by atoms with E-state index in [4.69, 9.17) is 0 Å². The maximum Gasteiger partial charge on any atom is 0.255 e. The van der Waals surface area contributed by atoms with Gasteiger partial charge in [-0.05, 0) is 43.2 Å². The van der Waals surface area contributed by atoms with Crippen molar-refractivity contribution >= 4 is 17.4 Å². The van der Waals surface area contributed by atoms with Gasteiger partial charge in [0, 0.05) is 36.3 Å². The number of aromatic nitrogens is 1. The molecule has 1 aromatic rings. The van der Waals surface area contributed by atoms with Gasteiger partial charge in [-0.2, -0.15) is 0 Å². The molecule has 5 rings (SSSR count). The monoisotopic (exact) mass is 337 g/mol. The Hall–Kier alpha value is -2.17. The number of allylic oxidation sites excluding steroid dienone is 1. The summed E-state index contributed by atoms with van der Waals surface area (Å²) in [6.45, 7) is 0.528. The molecular weight excluding hydrogens is 314 g/mol. The molecule has 1 aromatic heterocycles. The molecule has 0 bridgehead atoms. The highest BCUT2D eigenvalue weighted by atomic mass is 16.2. The smallest absolute Gasteiger partial charge is 0.255 e. The van der Waals surface area contributed by atoms with E-state index in [1.807, 2.05) is 23.2 Å². The number of nitrogens with zero attached hydrogens (tertiary/aromatic N) is 2. The minimum atomic E-state index is -0.320. The molecule has 2 amide bonds. The molecule has 0 unspecified atom stereocenters. The Balaban J connectivity index is 1.44. The number of carbonyl (C=O) groups excluding carboxylic acids is 2. The van der Waals surface area contributed by atoms with E-state index >= 15 is 0 Å². The molecule has 1 atom stereocenters. The molecule has 25 heavy (non-hydrogen) atoms. The first-order valence-corrected chi connectivity index (χ1v) is 9.51. The third-order valence-electron chi connectivity index (χ3n) is 6.09.